The predicted octanol–water partition coefficient (Wildman–Crippen LogP) is 5.32. The van der Waals surface area contributed by atoms with E-state index in [2.05, 4.69) is 15.2 Å². The molecule has 5 nitrogen and oxygen atoms in total. The van der Waals surface area contributed by atoms with Crippen LogP contribution in [0.4, 0.5) is 11.4 Å². The largest absolute Gasteiger partial charge is 0.280 e. The van der Waals surface area contributed by atoms with E-state index in [1.807, 2.05) is 97.9 Å². The van der Waals surface area contributed by atoms with E-state index in [4.69, 9.17) is 0 Å². The second-order valence-electron chi connectivity index (χ2n) is 6.44. The molecule has 1 atom stereocenters. The third kappa shape index (κ3) is 4.38. The lowest BCUT2D eigenvalue weighted by Gasteiger charge is -2.25. The lowest BCUT2D eigenvalue weighted by Crippen LogP contribution is -2.32. The normalized spacial score (nSPS) is 11.8. The molecule has 1 N–H and O–H groups in total. The van der Waals surface area contributed by atoms with Crippen LogP contribution in [-0.2, 0) is 4.79 Å². The number of amides is 1. The Morgan fingerprint density at radius 2 is 1.38 bits per heavy atom. The second kappa shape index (κ2) is 8.75. The summed E-state index contributed by atoms with van der Waals surface area (Å²) in [4.78, 5) is 19.6. The van der Waals surface area contributed by atoms with Gasteiger partial charge >= 0.3 is 0 Å². The van der Waals surface area contributed by atoms with Gasteiger partial charge in [-0.2, -0.15) is 0 Å². The van der Waals surface area contributed by atoms with Gasteiger partial charge in [0.25, 0.3) is 0 Å². The van der Waals surface area contributed by atoms with E-state index in [1.165, 1.54) is 11.8 Å². The molecule has 6 heteroatoms. The van der Waals surface area contributed by atoms with Crippen molar-refractivity contribution in [1.29, 1.82) is 0 Å². The minimum absolute atomic E-state index is 0.0292. The number of nitrogens with one attached hydrogen (secondary N) is 1. The summed E-state index contributed by atoms with van der Waals surface area (Å²) < 4.78 is 0. The summed E-state index contributed by atoms with van der Waals surface area (Å²) in [5.74, 6) is 0.661. The Kier molecular flexibility index (Phi) is 5.72. The first kappa shape index (κ1) is 19.0. The van der Waals surface area contributed by atoms with Crippen LogP contribution >= 0.6 is 11.8 Å². The highest BCUT2D eigenvalue weighted by Gasteiger charge is 2.25. The number of aromatic amines is 1. The zero-order chi connectivity index (χ0) is 20.1. The van der Waals surface area contributed by atoms with E-state index < -0.39 is 0 Å². The summed E-state index contributed by atoms with van der Waals surface area (Å²) in [6, 6.07) is 29.1. The number of thioether (sulfide) groups is 1. The molecule has 0 aliphatic heterocycles. The first-order chi connectivity index (χ1) is 14.2. The molecule has 1 heterocycles. The van der Waals surface area contributed by atoms with Crippen LogP contribution in [0.1, 0.15) is 6.92 Å². The number of carbonyl (C=O) groups excluding carboxylic acids is 1. The molecule has 0 unspecified atom stereocenters. The van der Waals surface area contributed by atoms with Gasteiger partial charge in [-0.1, -0.05) is 78.5 Å². The molecule has 0 saturated carbocycles. The van der Waals surface area contributed by atoms with Crippen molar-refractivity contribution in [2.75, 3.05) is 4.90 Å². The maximum atomic E-state index is 13.4. The van der Waals surface area contributed by atoms with E-state index in [9.17, 15) is 4.79 Å². The van der Waals surface area contributed by atoms with Gasteiger partial charge < -0.3 is 0 Å². The van der Waals surface area contributed by atoms with Gasteiger partial charge in [0.05, 0.1) is 5.25 Å². The maximum absolute atomic E-state index is 13.4. The number of anilines is 2. The lowest BCUT2D eigenvalue weighted by molar-refractivity contribution is -0.117. The molecule has 0 spiro atoms. The van der Waals surface area contributed by atoms with Crippen LogP contribution in [0.15, 0.2) is 96.2 Å². The highest BCUT2D eigenvalue weighted by Crippen LogP contribution is 2.30. The summed E-state index contributed by atoms with van der Waals surface area (Å²) in [6.45, 7) is 1.88. The molecule has 0 aliphatic rings. The van der Waals surface area contributed by atoms with E-state index in [1.54, 1.807) is 4.90 Å². The zero-order valence-corrected chi connectivity index (χ0v) is 16.7. The molecule has 4 aromatic rings. The monoisotopic (exact) mass is 400 g/mol. The molecule has 3 aromatic carbocycles. The number of hydrogen-bond acceptors (Lipinski definition) is 4. The van der Waals surface area contributed by atoms with Crippen molar-refractivity contribution in [3.63, 3.8) is 0 Å². The van der Waals surface area contributed by atoms with E-state index in [-0.39, 0.29) is 11.2 Å². The number of nitrogens with zero attached hydrogens (tertiary/aromatic N) is 3. The Hall–Kier alpha value is -3.38. The van der Waals surface area contributed by atoms with Gasteiger partial charge in [0, 0.05) is 16.9 Å². The van der Waals surface area contributed by atoms with Gasteiger partial charge in [-0.25, -0.2) is 4.98 Å². The fraction of sp³-hybridized carbons (Fsp3) is 0.0870. The standard InChI is InChI=1S/C23H20N4OS/c1-17(29-23-24-21(25-26-23)18-11-5-2-6-12-18)22(28)27(19-13-7-3-8-14-19)20-15-9-4-10-16-20/h2-17H,1H3,(H,24,25,26)/t17-/m1/s1. The van der Waals surface area contributed by atoms with Crippen LogP contribution in [0.25, 0.3) is 11.4 Å². The molecule has 0 aliphatic carbocycles. The predicted molar refractivity (Wildman–Crippen MR) is 117 cm³/mol. The minimum atomic E-state index is -0.366. The van der Waals surface area contributed by atoms with Crippen molar-refractivity contribution in [2.24, 2.45) is 0 Å². The van der Waals surface area contributed by atoms with Crippen LogP contribution in [0.2, 0.25) is 0 Å². The molecule has 4 rings (SSSR count). The molecule has 144 valence electrons. The summed E-state index contributed by atoms with van der Waals surface area (Å²) in [5, 5.41) is 7.41. The number of benzene rings is 3. The lowest BCUT2D eigenvalue weighted by atomic mass is 10.2. The Morgan fingerprint density at radius 1 is 0.862 bits per heavy atom. The van der Waals surface area contributed by atoms with E-state index in [0.29, 0.717) is 11.0 Å². The van der Waals surface area contributed by atoms with Crippen molar-refractivity contribution < 1.29 is 4.79 Å². The quantitative estimate of drug-likeness (QED) is 0.445. The van der Waals surface area contributed by atoms with Crippen LogP contribution in [0.3, 0.4) is 0 Å². The van der Waals surface area contributed by atoms with Crippen molar-refractivity contribution in [3.05, 3.63) is 91.0 Å². The molecule has 0 radical (unpaired) electrons. The number of H-pyrrole nitrogens is 1. The minimum Gasteiger partial charge on any atom is -0.280 e. The van der Waals surface area contributed by atoms with E-state index in [0.717, 1.165) is 16.9 Å². The summed E-state index contributed by atoms with van der Waals surface area (Å²) in [6.07, 6.45) is 0. The highest BCUT2D eigenvalue weighted by molar-refractivity contribution is 8.00. The Bertz CT molecular complexity index is 1030. The molecule has 1 aromatic heterocycles. The van der Waals surface area contributed by atoms with Crippen LogP contribution in [-0.4, -0.2) is 26.3 Å². The first-order valence-electron chi connectivity index (χ1n) is 9.31. The Labute approximate surface area is 173 Å². The van der Waals surface area contributed by atoms with Crippen molar-refractivity contribution >= 4 is 29.0 Å². The van der Waals surface area contributed by atoms with Gasteiger partial charge in [0.1, 0.15) is 0 Å². The number of para-hydroxylation sites is 2. The molecule has 1 amide bonds. The van der Waals surface area contributed by atoms with Gasteiger partial charge in [0.15, 0.2) is 5.82 Å². The Morgan fingerprint density at radius 3 is 1.93 bits per heavy atom. The van der Waals surface area contributed by atoms with Gasteiger partial charge in [-0.3, -0.25) is 14.8 Å². The fourth-order valence-corrected chi connectivity index (χ4v) is 3.74. The molecule has 0 bridgehead atoms. The summed E-state index contributed by atoms with van der Waals surface area (Å²) in [7, 11) is 0. The highest BCUT2D eigenvalue weighted by atomic mass is 32.2. The number of carbonyl (C=O) groups is 1. The number of rotatable bonds is 6. The van der Waals surface area contributed by atoms with Gasteiger partial charge in [-0.05, 0) is 31.2 Å². The van der Waals surface area contributed by atoms with Crippen LogP contribution in [0, 0.1) is 0 Å². The topological polar surface area (TPSA) is 61.9 Å². The molecular formula is C23H20N4OS. The molecular weight excluding hydrogens is 380 g/mol. The average molecular weight is 401 g/mol. The molecule has 29 heavy (non-hydrogen) atoms. The van der Waals surface area contributed by atoms with Crippen LogP contribution in [0.5, 0.6) is 0 Å². The molecule has 0 saturated heterocycles. The van der Waals surface area contributed by atoms with Gasteiger partial charge in [-0.15, -0.1) is 5.10 Å². The van der Waals surface area contributed by atoms with Crippen LogP contribution < -0.4 is 4.90 Å². The SMILES string of the molecule is C[C@@H](Sc1n[nH]c(-c2ccccc2)n1)C(=O)N(c1ccccc1)c1ccccc1. The first-order valence-corrected chi connectivity index (χ1v) is 10.2. The second-order valence-corrected chi connectivity index (χ2v) is 7.75. The number of hydrogen-bond donors (Lipinski definition) is 1. The summed E-state index contributed by atoms with van der Waals surface area (Å²) in [5.41, 5.74) is 2.62. The maximum Gasteiger partial charge on any atom is 0.244 e. The van der Waals surface area contributed by atoms with Gasteiger partial charge in [0.2, 0.25) is 11.1 Å². The number of aromatic nitrogens is 3. The Balaban J connectivity index is 1.56. The van der Waals surface area contributed by atoms with Crippen molar-refractivity contribution in [1.82, 2.24) is 15.2 Å². The zero-order valence-electron chi connectivity index (χ0n) is 15.9. The van der Waals surface area contributed by atoms with E-state index >= 15 is 0 Å². The third-order valence-corrected chi connectivity index (χ3v) is 5.34. The fourth-order valence-electron chi connectivity index (χ4n) is 2.97. The smallest absolute Gasteiger partial charge is 0.244 e. The third-order valence-electron chi connectivity index (χ3n) is 4.39. The average Bonchev–Trinajstić information content (AvgIpc) is 3.24. The van der Waals surface area contributed by atoms with Crippen molar-refractivity contribution in [3.8, 4) is 11.4 Å². The molecule has 0 fully saturated rings. The van der Waals surface area contributed by atoms with Crippen molar-refractivity contribution in [2.45, 2.75) is 17.3 Å². The summed E-state index contributed by atoms with van der Waals surface area (Å²) >= 11 is 1.34.